The highest BCUT2D eigenvalue weighted by Crippen LogP contribution is 2.35. The number of urea groups is 1. The molecule has 1 unspecified atom stereocenters. The van der Waals surface area contributed by atoms with Crippen LogP contribution in [0, 0.1) is 0 Å². The van der Waals surface area contributed by atoms with Gasteiger partial charge in [0.2, 0.25) is 12.7 Å². The number of phenolic OH excluding ortho intramolecular Hbond substituents is 1. The summed E-state index contributed by atoms with van der Waals surface area (Å²) in [5.41, 5.74) is 8.94. The maximum absolute atomic E-state index is 14.3. The molecule has 1 saturated heterocycles. The summed E-state index contributed by atoms with van der Waals surface area (Å²) in [7, 11) is 0. The van der Waals surface area contributed by atoms with Gasteiger partial charge in [-0.05, 0) is 93.3 Å². The molecule has 0 aromatic heterocycles. The summed E-state index contributed by atoms with van der Waals surface area (Å²) in [6.07, 6.45) is 2.73. The van der Waals surface area contributed by atoms with E-state index in [1.54, 1.807) is 53.4 Å². The van der Waals surface area contributed by atoms with Gasteiger partial charge in [-0.1, -0.05) is 19.1 Å². The smallest absolute Gasteiger partial charge is 0.323 e. The number of likely N-dealkylation sites (tertiary alicyclic amines) is 1. The number of phenols is 1. The van der Waals surface area contributed by atoms with Crippen molar-refractivity contribution in [2.45, 2.75) is 71.1 Å². The lowest BCUT2D eigenvalue weighted by Gasteiger charge is -2.48. The molecule has 0 aliphatic carbocycles. The second kappa shape index (κ2) is 14.8. The van der Waals surface area contributed by atoms with E-state index in [1.165, 1.54) is 0 Å². The Bertz CT molecular complexity index is 1560. The summed E-state index contributed by atoms with van der Waals surface area (Å²) in [6, 6.07) is 17.7. The van der Waals surface area contributed by atoms with E-state index < -0.39 is 18.0 Å². The number of rotatable bonds is 12. The minimum Gasteiger partial charge on any atom is -0.508 e. The first kappa shape index (κ1) is 33.6. The third-order valence-electron chi connectivity index (χ3n) is 8.90. The summed E-state index contributed by atoms with van der Waals surface area (Å²) < 4.78 is 11.9. The molecular formula is C36H46N5O6+. The van der Waals surface area contributed by atoms with Gasteiger partial charge < -0.3 is 40.3 Å². The molecule has 4 amide bonds. The molecule has 3 atom stereocenters. The van der Waals surface area contributed by atoms with Gasteiger partial charge in [0.25, 0.3) is 5.91 Å². The standard InChI is InChI=1S/C36H45N5O6/c1-4-17-41(21-26-9-16-32-33(20-26)47-23-46-32)18-5-6-29(22-41)40(31(34(37)43)19-25-7-14-30(42)15-8-25)36(45)39-28-12-10-27(11-13-28)35(44)38-24(2)3/h7-16,20,24,29,31H,4-6,17-19,21-23H2,1-3H3,(H4-,37,38,39,42,43,44,45)/p+1/t29-,31+,41?/m1/s1. The summed E-state index contributed by atoms with van der Waals surface area (Å²) in [5, 5.41) is 15.7. The number of fused-ring (bicyclic) bond motifs is 1. The van der Waals surface area contributed by atoms with E-state index in [4.69, 9.17) is 15.2 Å². The normalized spacial score (nSPS) is 19.2. The van der Waals surface area contributed by atoms with Crippen LogP contribution >= 0.6 is 0 Å². The van der Waals surface area contributed by atoms with Crippen LogP contribution in [0.15, 0.2) is 66.7 Å². The second-order valence-corrected chi connectivity index (χ2v) is 12.9. The van der Waals surface area contributed by atoms with E-state index in [2.05, 4.69) is 23.6 Å². The molecule has 47 heavy (non-hydrogen) atoms. The Hall–Kier alpha value is -4.77. The fraction of sp³-hybridized carbons (Fsp3) is 0.417. The number of nitrogens with two attached hydrogens (primary N) is 1. The van der Waals surface area contributed by atoms with Gasteiger partial charge in [-0.15, -0.1) is 0 Å². The van der Waals surface area contributed by atoms with Crippen molar-refractivity contribution in [1.82, 2.24) is 10.2 Å². The fourth-order valence-electron chi connectivity index (χ4n) is 6.84. The second-order valence-electron chi connectivity index (χ2n) is 12.9. The number of nitrogens with zero attached hydrogens (tertiary/aromatic N) is 2. The highest BCUT2D eigenvalue weighted by molar-refractivity contribution is 5.96. The SMILES string of the molecule is CCC[N+]1(Cc2ccc3c(c2)OCO3)CCC[C@@H](N(C(=O)Nc2ccc(C(=O)NC(C)C)cc2)[C@@H](Cc2ccc(O)cc2)C(N)=O)C1. The Morgan fingerprint density at radius 3 is 2.38 bits per heavy atom. The molecule has 11 nitrogen and oxygen atoms in total. The van der Waals surface area contributed by atoms with Crippen LogP contribution in [0.25, 0.3) is 0 Å². The van der Waals surface area contributed by atoms with E-state index in [1.807, 2.05) is 26.0 Å². The Balaban J connectivity index is 1.44. The summed E-state index contributed by atoms with van der Waals surface area (Å²) in [5.74, 6) is 0.784. The monoisotopic (exact) mass is 644 g/mol. The van der Waals surface area contributed by atoms with Crippen molar-refractivity contribution in [1.29, 1.82) is 0 Å². The molecule has 0 radical (unpaired) electrons. The molecule has 1 fully saturated rings. The van der Waals surface area contributed by atoms with Crippen LogP contribution in [-0.4, -0.2) is 76.9 Å². The highest BCUT2D eigenvalue weighted by Gasteiger charge is 2.43. The van der Waals surface area contributed by atoms with Gasteiger partial charge in [-0.2, -0.15) is 0 Å². The highest BCUT2D eigenvalue weighted by atomic mass is 16.7. The third kappa shape index (κ3) is 8.34. The van der Waals surface area contributed by atoms with Gasteiger partial charge in [0.1, 0.15) is 18.3 Å². The Kier molecular flexibility index (Phi) is 10.6. The number of ether oxygens (including phenoxy) is 2. The molecular weight excluding hydrogens is 598 g/mol. The quantitative estimate of drug-likeness (QED) is 0.209. The van der Waals surface area contributed by atoms with E-state index in [9.17, 15) is 19.5 Å². The fourth-order valence-corrected chi connectivity index (χ4v) is 6.84. The average Bonchev–Trinajstić information content (AvgIpc) is 3.50. The van der Waals surface area contributed by atoms with E-state index >= 15 is 0 Å². The largest absolute Gasteiger partial charge is 0.508 e. The minimum atomic E-state index is -0.937. The lowest BCUT2D eigenvalue weighted by atomic mass is 9.95. The minimum absolute atomic E-state index is 0.00600. The van der Waals surface area contributed by atoms with Crippen LogP contribution in [0.3, 0.4) is 0 Å². The molecule has 2 aliphatic heterocycles. The molecule has 0 bridgehead atoms. The Morgan fingerprint density at radius 1 is 1.00 bits per heavy atom. The maximum atomic E-state index is 14.3. The van der Waals surface area contributed by atoms with Gasteiger partial charge in [-0.25, -0.2) is 4.79 Å². The Morgan fingerprint density at radius 2 is 1.70 bits per heavy atom. The number of hydrogen-bond acceptors (Lipinski definition) is 6. The van der Waals surface area contributed by atoms with E-state index in [0.717, 1.165) is 59.6 Å². The molecule has 11 heteroatoms. The molecule has 0 spiro atoms. The van der Waals surface area contributed by atoms with Crippen molar-refractivity contribution in [3.05, 3.63) is 83.4 Å². The summed E-state index contributed by atoms with van der Waals surface area (Å²) in [4.78, 5) is 41.6. The zero-order valence-corrected chi connectivity index (χ0v) is 27.4. The number of carbonyl (C=O) groups excluding carboxylic acids is 3. The zero-order chi connectivity index (χ0) is 33.6. The van der Waals surface area contributed by atoms with Crippen molar-refractivity contribution in [2.75, 3.05) is 31.7 Å². The first-order valence-electron chi connectivity index (χ1n) is 16.4. The number of amides is 4. The van der Waals surface area contributed by atoms with Gasteiger partial charge in [0.05, 0.1) is 25.7 Å². The lowest BCUT2D eigenvalue weighted by Crippen LogP contribution is -2.64. The number of carbonyl (C=O) groups is 3. The molecule has 0 saturated carbocycles. The Labute approximate surface area is 276 Å². The number of piperidine rings is 1. The van der Waals surface area contributed by atoms with Crippen LogP contribution in [0.1, 0.15) is 61.5 Å². The number of aromatic hydroxyl groups is 1. The van der Waals surface area contributed by atoms with Crippen molar-refractivity contribution < 1.29 is 33.4 Å². The van der Waals surface area contributed by atoms with Crippen molar-refractivity contribution in [3.63, 3.8) is 0 Å². The van der Waals surface area contributed by atoms with Crippen molar-refractivity contribution >= 4 is 23.5 Å². The number of benzene rings is 3. The van der Waals surface area contributed by atoms with E-state index in [-0.39, 0.29) is 37.0 Å². The topological polar surface area (TPSA) is 143 Å². The molecule has 3 aromatic rings. The average molecular weight is 645 g/mol. The predicted octanol–water partition coefficient (Wildman–Crippen LogP) is 4.78. The third-order valence-corrected chi connectivity index (χ3v) is 8.90. The van der Waals surface area contributed by atoms with Gasteiger partial charge >= 0.3 is 6.03 Å². The van der Waals surface area contributed by atoms with Crippen LogP contribution < -0.4 is 25.8 Å². The number of primary amides is 1. The van der Waals surface area contributed by atoms with Crippen molar-refractivity contribution in [2.24, 2.45) is 5.73 Å². The van der Waals surface area contributed by atoms with Gasteiger partial charge in [0, 0.05) is 29.3 Å². The van der Waals surface area contributed by atoms with Gasteiger partial charge in [-0.3, -0.25) is 9.59 Å². The van der Waals surface area contributed by atoms with Crippen LogP contribution in [-0.2, 0) is 17.8 Å². The molecule has 2 aliphatic rings. The molecule has 5 rings (SSSR count). The lowest BCUT2D eigenvalue weighted by molar-refractivity contribution is -0.946. The zero-order valence-electron chi connectivity index (χ0n) is 27.4. The summed E-state index contributed by atoms with van der Waals surface area (Å²) >= 11 is 0. The molecule has 5 N–H and O–H groups in total. The van der Waals surface area contributed by atoms with Crippen LogP contribution in [0.4, 0.5) is 10.5 Å². The van der Waals surface area contributed by atoms with Crippen molar-refractivity contribution in [3.8, 4) is 17.2 Å². The maximum Gasteiger partial charge on any atom is 0.323 e. The van der Waals surface area contributed by atoms with E-state index in [0.29, 0.717) is 24.2 Å². The first-order chi connectivity index (χ1) is 22.6. The summed E-state index contributed by atoms with van der Waals surface area (Å²) in [6.45, 7) is 9.39. The molecule has 3 aromatic carbocycles. The number of quaternary nitrogens is 1. The van der Waals surface area contributed by atoms with Crippen LogP contribution in [0.5, 0.6) is 17.2 Å². The molecule has 2 heterocycles. The van der Waals surface area contributed by atoms with Crippen LogP contribution in [0.2, 0.25) is 0 Å². The van der Waals surface area contributed by atoms with Gasteiger partial charge in [0.15, 0.2) is 11.5 Å². The number of nitrogens with one attached hydrogen (secondary N) is 2. The first-order valence-corrected chi connectivity index (χ1v) is 16.4. The molecule has 250 valence electrons. The number of anilines is 1. The number of hydrogen-bond donors (Lipinski definition) is 4. The predicted molar refractivity (Wildman–Crippen MR) is 179 cm³/mol.